The van der Waals surface area contributed by atoms with Gasteiger partial charge in [-0.05, 0) is 18.1 Å². The topological polar surface area (TPSA) is 51.0 Å². The van der Waals surface area contributed by atoms with Gasteiger partial charge in [-0.3, -0.25) is 0 Å². The van der Waals surface area contributed by atoms with Crippen LogP contribution in [0.5, 0.6) is 0 Å². The zero-order chi connectivity index (χ0) is 10.4. The highest BCUT2D eigenvalue weighted by Gasteiger charge is 1.98. The van der Waals surface area contributed by atoms with Gasteiger partial charge in [0.25, 0.3) is 0 Å². The number of nitrogens with zero attached hydrogens (tertiary/aromatic N) is 2. The Balaban J connectivity index is 2.82. The van der Waals surface area contributed by atoms with Gasteiger partial charge >= 0.3 is 0 Å². The standard InChI is InChI=1S/C10H12N2O2/c1-8(12-14-2)10-5-3-9(4-6-10)7-11-13/h3-6H,7H2,1-2H3/b12-8-. The number of oxime groups is 1. The predicted octanol–water partition coefficient (Wildman–Crippen LogP) is 2.32. The molecule has 0 aromatic heterocycles. The summed E-state index contributed by atoms with van der Waals surface area (Å²) in [6.07, 6.45) is 0. The number of hydrogen-bond donors (Lipinski definition) is 0. The van der Waals surface area contributed by atoms with Gasteiger partial charge in [-0.25, -0.2) is 0 Å². The molecule has 4 heteroatoms. The van der Waals surface area contributed by atoms with E-state index >= 15 is 0 Å². The molecule has 1 aromatic carbocycles. The zero-order valence-electron chi connectivity index (χ0n) is 8.23. The summed E-state index contributed by atoms with van der Waals surface area (Å²) in [5.41, 5.74) is 2.67. The molecule has 0 N–H and O–H groups in total. The van der Waals surface area contributed by atoms with Gasteiger partial charge in [0.1, 0.15) is 13.7 Å². The first-order chi connectivity index (χ1) is 6.77. The molecule has 0 atom stereocenters. The third kappa shape index (κ3) is 2.65. The second-order valence-electron chi connectivity index (χ2n) is 2.84. The van der Waals surface area contributed by atoms with Crippen molar-refractivity contribution in [2.24, 2.45) is 10.3 Å². The van der Waals surface area contributed by atoms with Crippen molar-refractivity contribution in [3.8, 4) is 0 Å². The lowest BCUT2D eigenvalue weighted by Gasteiger charge is -2.00. The summed E-state index contributed by atoms with van der Waals surface area (Å²) < 4.78 is 0. The number of hydrogen-bond acceptors (Lipinski definition) is 4. The Kier molecular flexibility index (Phi) is 3.79. The molecule has 0 aliphatic carbocycles. The highest BCUT2D eigenvalue weighted by Crippen LogP contribution is 2.06. The Labute approximate surface area is 82.5 Å². The summed E-state index contributed by atoms with van der Waals surface area (Å²) >= 11 is 0. The van der Waals surface area contributed by atoms with Gasteiger partial charge < -0.3 is 4.84 Å². The van der Waals surface area contributed by atoms with Crippen LogP contribution in [0.4, 0.5) is 0 Å². The van der Waals surface area contributed by atoms with Crippen LogP contribution in [-0.4, -0.2) is 12.8 Å². The molecular formula is C10H12N2O2. The minimum atomic E-state index is 0.209. The Morgan fingerprint density at radius 3 is 2.50 bits per heavy atom. The molecule has 0 aliphatic heterocycles. The van der Waals surface area contributed by atoms with Crippen LogP contribution in [0.15, 0.2) is 34.6 Å². The van der Waals surface area contributed by atoms with E-state index in [1.807, 2.05) is 31.2 Å². The number of benzene rings is 1. The Hall–Kier alpha value is -1.71. The van der Waals surface area contributed by atoms with Gasteiger partial charge in [0, 0.05) is 0 Å². The van der Waals surface area contributed by atoms with E-state index in [4.69, 9.17) is 0 Å². The largest absolute Gasteiger partial charge is 0.399 e. The van der Waals surface area contributed by atoms with Crippen molar-refractivity contribution in [2.75, 3.05) is 7.11 Å². The van der Waals surface area contributed by atoms with E-state index in [9.17, 15) is 4.91 Å². The summed E-state index contributed by atoms with van der Waals surface area (Å²) in [4.78, 5) is 14.7. The molecule has 0 heterocycles. The van der Waals surface area contributed by atoms with Crippen molar-refractivity contribution < 1.29 is 4.84 Å². The van der Waals surface area contributed by atoms with Crippen LogP contribution < -0.4 is 0 Å². The van der Waals surface area contributed by atoms with Gasteiger partial charge in [0.2, 0.25) is 0 Å². The lowest BCUT2D eigenvalue weighted by Crippen LogP contribution is -1.95. The van der Waals surface area contributed by atoms with Gasteiger partial charge in [0.15, 0.2) is 0 Å². The molecule has 74 valence electrons. The van der Waals surface area contributed by atoms with Crippen LogP contribution >= 0.6 is 0 Å². The molecule has 0 saturated heterocycles. The van der Waals surface area contributed by atoms with E-state index in [1.165, 1.54) is 7.11 Å². The molecule has 0 aliphatic rings. The van der Waals surface area contributed by atoms with Crippen molar-refractivity contribution in [1.82, 2.24) is 0 Å². The molecule has 0 radical (unpaired) electrons. The van der Waals surface area contributed by atoms with Crippen molar-refractivity contribution >= 4 is 5.71 Å². The van der Waals surface area contributed by atoms with Crippen LogP contribution in [0, 0.1) is 4.91 Å². The van der Waals surface area contributed by atoms with E-state index in [0.717, 1.165) is 16.8 Å². The molecule has 1 aromatic rings. The van der Waals surface area contributed by atoms with E-state index in [0.29, 0.717) is 0 Å². The average Bonchev–Trinajstić information content (AvgIpc) is 2.20. The van der Waals surface area contributed by atoms with Crippen molar-refractivity contribution in [1.29, 1.82) is 0 Å². The number of nitroso groups, excluding NO2 is 1. The second kappa shape index (κ2) is 5.11. The summed E-state index contributed by atoms with van der Waals surface area (Å²) in [5.74, 6) is 0. The summed E-state index contributed by atoms with van der Waals surface area (Å²) in [6, 6.07) is 7.48. The van der Waals surface area contributed by atoms with Gasteiger partial charge in [0.05, 0.1) is 5.71 Å². The molecule has 1 rings (SSSR count). The first-order valence-electron chi connectivity index (χ1n) is 4.24. The minimum Gasteiger partial charge on any atom is -0.399 e. The monoisotopic (exact) mass is 192 g/mol. The highest BCUT2D eigenvalue weighted by molar-refractivity contribution is 5.98. The maximum Gasteiger partial charge on any atom is 0.106 e. The third-order valence-corrected chi connectivity index (χ3v) is 1.85. The molecule has 4 nitrogen and oxygen atoms in total. The summed E-state index contributed by atoms with van der Waals surface area (Å²) in [6.45, 7) is 2.07. The average molecular weight is 192 g/mol. The highest BCUT2D eigenvalue weighted by atomic mass is 16.6. The maximum absolute atomic E-state index is 10.0. The van der Waals surface area contributed by atoms with E-state index in [2.05, 4.69) is 15.2 Å². The SMILES string of the molecule is CO/N=C(/C)c1ccc(CN=O)cc1. The van der Waals surface area contributed by atoms with Crippen LogP contribution in [0.2, 0.25) is 0 Å². The quantitative estimate of drug-likeness (QED) is 0.417. The summed E-state index contributed by atoms with van der Waals surface area (Å²) in [7, 11) is 1.51. The lowest BCUT2D eigenvalue weighted by atomic mass is 10.1. The van der Waals surface area contributed by atoms with Crippen LogP contribution in [0.3, 0.4) is 0 Å². The fourth-order valence-electron chi connectivity index (χ4n) is 1.12. The van der Waals surface area contributed by atoms with Crippen molar-refractivity contribution in [2.45, 2.75) is 13.5 Å². The summed E-state index contributed by atoms with van der Waals surface area (Å²) in [5, 5.41) is 6.61. The molecule has 0 unspecified atom stereocenters. The minimum absolute atomic E-state index is 0.209. The third-order valence-electron chi connectivity index (χ3n) is 1.85. The maximum atomic E-state index is 10.0. The fraction of sp³-hybridized carbons (Fsp3) is 0.300. The molecule has 0 fully saturated rings. The first kappa shape index (κ1) is 10.4. The van der Waals surface area contributed by atoms with Gasteiger partial charge in [-0.15, -0.1) is 0 Å². The fourth-order valence-corrected chi connectivity index (χ4v) is 1.12. The Morgan fingerprint density at radius 1 is 1.36 bits per heavy atom. The second-order valence-corrected chi connectivity index (χ2v) is 2.84. The van der Waals surface area contributed by atoms with Crippen LogP contribution in [0.1, 0.15) is 18.1 Å². The van der Waals surface area contributed by atoms with Crippen molar-refractivity contribution in [3.05, 3.63) is 40.3 Å². The van der Waals surface area contributed by atoms with Crippen molar-refractivity contribution in [3.63, 3.8) is 0 Å². The van der Waals surface area contributed by atoms with Crippen LogP contribution in [-0.2, 0) is 11.4 Å². The lowest BCUT2D eigenvalue weighted by molar-refractivity contribution is 0.213. The van der Waals surface area contributed by atoms with Gasteiger partial charge in [-0.2, -0.15) is 4.91 Å². The van der Waals surface area contributed by atoms with Crippen LogP contribution in [0.25, 0.3) is 0 Å². The van der Waals surface area contributed by atoms with Gasteiger partial charge in [-0.1, -0.05) is 34.6 Å². The Bertz CT molecular complexity index is 330. The van der Waals surface area contributed by atoms with E-state index in [1.54, 1.807) is 0 Å². The molecule has 0 bridgehead atoms. The zero-order valence-corrected chi connectivity index (χ0v) is 8.23. The molecule has 0 amide bonds. The molecule has 0 spiro atoms. The Morgan fingerprint density at radius 2 is 2.00 bits per heavy atom. The molecule has 14 heavy (non-hydrogen) atoms. The first-order valence-corrected chi connectivity index (χ1v) is 4.24. The predicted molar refractivity (Wildman–Crippen MR) is 55.2 cm³/mol. The molecular weight excluding hydrogens is 180 g/mol. The molecule has 0 saturated carbocycles. The number of rotatable bonds is 4. The van der Waals surface area contributed by atoms with E-state index < -0.39 is 0 Å². The van der Waals surface area contributed by atoms with E-state index in [-0.39, 0.29) is 6.54 Å². The smallest absolute Gasteiger partial charge is 0.106 e. The normalized spacial score (nSPS) is 11.1.